The van der Waals surface area contributed by atoms with Crippen molar-refractivity contribution in [1.82, 2.24) is 35.4 Å². The van der Waals surface area contributed by atoms with Gasteiger partial charge in [-0.1, -0.05) is 69.3 Å². The highest BCUT2D eigenvalue weighted by Gasteiger charge is 2.26. The third-order valence-corrected chi connectivity index (χ3v) is 7.30. The lowest BCUT2D eigenvalue weighted by atomic mass is 9.80. The zero-order valence-corrected chi connectivity index (χ0v) is 21.5. The second-order valence-electron chi connectivity index (χ2n) is 11.1. The highest BCUT2D eigenvalue weighted by Crippen LogP contribution is 2.32. The Kier molecular flexibility index (Phi) is 6.96. The normalized spacial score (nSPS) is 18.4. The molecule has 5 rings (SSSR count). The summed E-state index contributed by atoms with van der Waals surface area (Å²) in [4.78, 5) is 5.02. The Bertz CT molecular complexity index is 1260. The molecule has 8 nitrogen and oxygen atoms in total. The number of nitrogens with two attached hydrogens (primary N) is 1. The Morgan fingerprint density at radius 1 is 0.944 bits per heavy atom. The van der Waals surface area contributed by atoms with E-state index in [2.05, 4.69) is 76.4 Å². The molecule has 0 bridgehead atoms. The fourth-order valence-electron chi connectivity index (χ4n) is 5.07. The van der Waals surface area contributed by atoms with E-state index in [1.54, 1.807) is 0 Å². The Balaban J connectivity index is 1.37. The molecule has 0 unspecified atom stereocenters. The molecule has 0 saturated heterocycles. The monoisotopic (exact) mass is 484 g/mol. The lowest BCUT2D eigenvalue weighted by Gasteiger charge is -2.27. The van der Waals surface area contributed by atoms with E-state index in [-0.39, 0.29) is 5.41 Å². The minimum absolute atomic E-state index is 0.0834. The molecule has 0 aliphatic heterocycles. The lowest BCUT2D eigenvalue weighted by molar-refractivity contribution is 0.273. The van der Waals surface area contributed by atoms with Gasteiger partial charge in [0.1, 0.15) is 5.82 Å². The van der Waals surface area contributed by atoms with Crippen molar-refractivity contribution in [2.75, 3.05) is 6.54 Å². The van der Waals surface area contributed by atoms with Crippen molar-refractivity contribution in [3.8, 4) is 22.5 Å². The van der Waals surface area contributed by atoms with Crippen molar-refractivity contribution in [3.63, 3.8) is 0 Å². The minimum atomic E-state index is -0.0834. The smallest absolute Gasteiger partial charge is 0.205 e. The summed E-state index contributed by atoms with van der Waals surface area (Å²) in [5, 5.41) is 19.5. The average molecular weight is 485 g/mol. The van der Waals surface area contributed by atoms with Crippen LogP contribution < -0.4 is 5.73 Å². The molecule has 1 saturated carbocycles. The van der Waals surface area contributed by atoms with Gasteiger partial charge in [0.2, 0.25) is 5.82 Å². The molecule has 2 aromatic heterocycles. The molecular formula is C28H36N8. The fraction of sp³-hybridized carbons (Fsp3) is 0.464. The van der Waals surface area contributed by atoms with Crippen molar-refractivity contribution in [2.45, 2.75) is 64.8 Å². The summed E-state index contributed by atoms with van der Waals surface area (Å²) < 4.78 is 2.12. The maximum atomic E-state index is 5.91. The number of tetrazole rings is 1. The van der Waals surface area contributed by atoms with Gasteiger partial charge in [-0.2, -0.15) is 10.3 Å². The van der Waals surface area contributed by atoms with Crippen molar-refractivity contribution < 1.29 is 0 Å². The minimum Gasteiger partial charge on any atom is -0.330 e. The van der Waals surface area contributed by atoms with E-state index >= 15 is 0 Å². The van der Waals surface area contributed by atoms with Crippen LogP contribution in [-0.4, -0.2) is 41.9 Å². The molecule has 0 amide bonds. The van der Waals surface area contributed by atoms with Crippen molar-refractivity contribution in [2.24, 2.45) is 17.6 Å². The molecule has 8 heteroatoms. The molecular weight excluding hydrogens is 448 g/mol. The number of nitrogens with one attached hydrogen (secondary N) is 1. The highest BCUT2D eigenvalue weighted by atomic mass is 15.5. The van der Waals surface area contributed by atoms with E-state index in [9.17, 15) is 0 Å². The Morgan fingerprint density at radius 3 is 2.28 bits per heavy atom. The number of hydrogen-bond acceptors (Lipinski definition) is 6. The topological polar surface area (TPSA) is 111 Å². The van der Waals surface area contributed by atoms with Crippen molar-refractivity contribution >= 4 is 0 Å². The number of benzene rings is 2. The SMILES string of the molecule is CC(C)(C)c1nc(CC2CCC(CN)CC2)n(Cc2ccc(-c3ccccc3-c3nn[nH]n3)cc2)n1. The van der Waals surface area contributed by atoms with Gasteiger partial charge in [0.05, 0.1) is 6.54 Å². The van der Waals surface area contributed by atoms with Crippen LogP contribution in [0.2, 0.25) is 0 Å². The first-order chi connectivity index (χ1) is 17.4. The van der Waals surface area contributed by atoms with Gasteiger partial charge in [-0.15, -0.1) is 10.2 Å². The van der Waals surface area contributed by atoms with E-state index in [0.29, 0.717) is 24.2 Å². The van der Waals surface area contributed by atoms with Crippen molar-refractivity contribution in [1.29, 1.82) is 0 Å². The third-order valence-electron chi connectivity index (χ3n) is 7.30. The van der Waals surface area contributed by atoms with Crippen LogP contribution in [0.15, 0.2) is 48.5 Å². The molecule has 188 valence electrons. The van der Waals surface area contributed by atoms with E-state index in [1.165, 1.54) is 31.2 Å². The summed E-state index contributed by atoms with van der Waals surface area (Å²) in [6.45, 7) is 8.06. The molecule has 0 radical (unpaired) electrons. The molecule has 3 N–H and O–H groups in total. The summed E-state index contributed by atoms with van der Waals surface area (Å²) in [7, 11) is 0. The zero-order chi connectivity index (χ0) is 25.1. The maximum Gasteiger partial charge on any atom is 0.205 e. The second kappa shape index (κ2) is 10.3. The fourth-order valence-corrected chi connectivity index (χ4v) is 5.07. The van der Waals surface area contributed by atoms with Gasteiger partial charge in [0.15, 0.2) is 5.82 Å². The predicted molar refractivity (Wildman–Crippen MR) is 141 cm³/mol. The van der Waals surface area contributed by atoms with Crippen LogP contribution in [0.25, 0.3) is 22.5 Å². The van der Waals surface area contributed by atoms with Crippen LogP contribution in [0.3, 0.4) is 0 Å². The quantitative estimate of drug-likeness (QED) is 0.391. The van der Waals surface area contributed by atoms with Gasteiger partial charge in [-0.25, -0.2) is 9.67 Å². The number of H-pyrrole nitrogens is 1. The number of aromatic nitrogens is 7. The second-order valence-corrected chi connectivity index (χ2v) is 11.1. The molecule has 2 aromatic carbocycles. The van der Waals surface area contributed by atoms with Crippen LogP contribution in [0, 0.1) is 11.8 Å². The Labute approximate surface area is 212 Å². The summed E-state index contributed by atoms with van der Waals surface area (Å²) in [5.74, 6) is 3.96. The number of rotatable bonds is 7. The van der Waals surface area contributed by atoms with Crippen LogP contribution in [-0.2, 0) is 18.4 Å². The number of aromatic amines is 1. The van der Waals surface area contributed by atoms with Gasteiger partial charge in [-0.3, -0.25) is 0 Å². The van der Waals surface area contributed by atoms with E-state index < -0.39 is 0 Å². The first-order valence-electron chi connectivity index (χ1n) is 13.0. The van der Waals surface area contributed by atoms with E-state index in [4.69, 9.17) is 15.8 Å². The standard InChI is InChI=1S/C28H36N8/c1-28(2,3)27-30-25(16-19-8-10-20(17-29)11-9-19)36(33-27)18-21-12-14-22(15-13-21)23-6-4-5-7-24(23)26-31-34-35-32-26/h4-7,12-15,19-20H,8-11,16-18,29H2,1-3H3,(H,31,32,34,35). The summed E-state index contributed by atoms with van der Waals surface area (Å²) >= 11 is 0. The molecule has 36 heavy (non-hydrogen) atoms. The van der Waals surface area contributed by atoms with Gasteiger partial charge >= 0.3 is 0 Å². The maximum absolute atomic E-state index is 5.91. The number of nitrogens with zero attached hydrogens (tertiary/aromatic N) is 6. The molecule has 0 atom stereocenters. The van der Waals surface area contributed by atoms with E-state index in [1.807, 2.05) is 18.2 Å². The van der Waals surface area contributed by atoms with Gasteiger partial charge in [-0.05, 0) is 66.0 Å². The van der Waals surface area contributed by atoms with Crippen LogP contribution >= 0.6 is 0 Å². The van der Waals surface area contributed by atoms with Crippen LogP contribution in [0.5, 0.6) is 0 Å². The largest absolute Gasteiger partial charge is 0.330 e. The number of hydrogen-bond donors (Lipinski definition) is 2. The lowest BCUT2D eigenvalue weighted by Crippen LogP contribution is -2.23. The molecule has 1 aliphatic rings. The summed E-state index contributed by atoms with van der Waals surface area (Å²) in [6, 6.07) is 16.8. The van der Waals surface area contributed by atoms with Crippen molar-refractivity contribution in [3.05, 3.63) is 65.7 Å². The molecule has 4 aromatic rings. The van der Waals surface area contributed by atoms with E-state index in [0.717, 1.165) is 41.3 Å². The summed E-state index contributed by atoms with van der Waals surface area (Å²) in [6.07, 6.45) is 5.90. The Morgan fingerprint density at radius 2 is 1.64 bits per heavy atom. The molecule has 0 spiro atoms. The van der Waals surface area contributed by atoms with Crippen LogP contribution in [0.1, 0.15) is 63.7 Å². The predicted octanol–water partition coefficient (Wildman–Crippen LogP) is 4.78. The zero-order valence-electron chi connectivity index (χ0n) is 21.5. The Hall–Kier alpha value is -3.39. The summed E-state index contributed by atoms with van der Waals surface area (Å²) in [5.41, 5.74) is 10.2. The molecule has 2 heterocycles. The van der Waals surface area contributed by atoms with Crippen LogP contribution in [0.4, 0.5) is 0 Å². The first kappa shape index (κ1) is 24.3. The first-order valence-corrected chi connectivity index (χ1v) is 13.0. The third kappa shape index (κ3) is 5.38. The molecule has 1 aliphatic carbocycles. The average Bonchev–Trinajstić information content (AvgIpc) is 3.56. The van der Waals surface area contributed by atoms with Gasteiger partial charge < -0.3 is 5.73 Å². The highest BCUT2D eigenvalue weighted by molar-refractivity contribution is 5.80. The molecule has 1 fully saturated rings. The van der Waals surface area contributed by atoms with Gasteiger partial charge in [0.25, 0.3) is 0 Å². The van der Waals surface area contributed by atoms with Gasteiger partial charge in [0, 0.05) is 17.4 Å².